The van der Waals surface area contributed by atoms with E-state index in [2.05, 4.69) is 10.6 Å². The number of nitro groups is 1. The van der Waals surface area contributed by atoms with E-state index in [1.165, 1.54) is 30.5 Å². The van der Waals surface area contributed by atoms with Crippen molar-refractivity contribution in [3.8, 4) is 5.75 Å². The molecule has 0 aliphatic rings. The lowest BCUT2D eigenvalue weighted by molar-refractivity contribution is -0.384. The Morgan fingerprint density at radius 2 is 2.17 bits per heavy atom. The second-order valence-electron chi connectivity index (χ2n) is 4.25. The molecule has 0 spiro atoms. The average Bonchev–Trinajstić information content (AvgIpc) is 3.00. The maximum Gasteiger partial charge on any atom is 0.273 e. The molecule has 8 nitrogen and oxygen atoms in total. The van der Waals surface area contributed by atoms with E-state index in [9.17, 15) is 20.0 Å². The molecule has 0 saturated heterocycles. The molecule has 0 bridgehead atoms. The second-order valence-corrected chi connectivity index (χ2v) is 4.66. The Morgan fingerprint density at radius 1 is 1.39 bits per heavy atom. The molecule has 1 heterocycles. The van der Waals surface area contributed by atoms with Crippen LogP contribution in [0.4, 0.5) is 11.4 Å². The first-order valence-electron chi connectivity index (χ1n) is 6.26. The van der Waals surface area contributed by atoms with Gasteiger partial charge in [0.1, 0.15) is 11.5 Å². The normalized spacial score (nSPS) is 10.4. The fraction of sp³-hybridized carbons (Fsp3) is 0. The smallest absolute Gasteiger partial charge is 0.273 e. The van der Waals surface area contributed by atoms with Gasteiger partial charge in [-0.15, -0.1) is 0 Å². The number of hydrogen-bond acceptors (Lipinski definition) is 6. The van der Waals surface area contributed by atoms with Gasteiger partial charge in [-0.1, -0.05) is 0 Å². The van der Waals surface area contributed by atoms with E-state index >= 15 is 0 Å². The zero-order chi connectivity index (χ0) is 16.8. The number of thiocarbonyl (C=S) groups is 1. The van der Waals surface area contributed by atoms with Crippen molar-refractivity contribution in [2.45, 2.75) is 0 Å². The van der Waals surface area contributed by atoms with Crippen LogP contribution in [0.5, 0.6) is 5.75 Å². The Balaban J connectivity index is 1.94. The van der Waals surface area contributed by atoms with Gasteiger partial charge in [-0.2, -0.15) is 0 Å². The molecule has 9 heteroatoms. The Kier molecular flexibility index (Phi) is 5.05. The molecular formula is C14H11N3O5S. The highest BCUT2D eigenvalue weighted by Crippen LogP contribution is 2.27. The van der Waals surface area contributed by atoms with Crippen LogP contribution >= 0.6 is 12.2 Å². The van der Waals surface area contributed by atoms with Crippen molar-refractivity contribution in [2.24, 2.45) is 0 Å². The van der Waals surface area contributed by atoms with E-state index in [4.69, 9.17) is 16.6 Å². The maximum absolute atomic E-state index is 11.6. The fourth-order valence-electron chi connectivity index (χ4n) is 1.59. The van der Waals surface area contributed by atoms with Crippen LogP contribution in [0.2, 0.25) is 0 Å². The molecule has 0 unspecified atom stereocenters. The number of phenols is 1. The van der Waals surface area contributed by atoms with Crippen LogP contribution in [0.15, 0.2) is 47.1 Å². The number of furan rings is 1. The third kappa shape index (κ3) is 4.64. The van der Waals surface area contributed by atoms with Gasteiger partial charge >= 0.3 is 0 Å². The van der Waals surface area contributed by atoms with Gasteiger partial charge in [0.05, 0.1) is 22.9 Å². The predicted octanol–water partition coefficient (Wildman–Crippen LogP) is 2.42. The third-order valence-electron chi connectivity index (χ3n) is 2.62. The Hall–Kier alpha value is -3.20. The second kappa shape index (κ2) is 7.18. The van der Waals surface area contributed by atoms with Crippen molar-refractivity contribution < 1.29 is 19.2 Å². The number of hydrogen-bond donors (Lipinski definition) is 3. The molecule has 118 valence electrons. The number of nitrogens with one attached hydrogen (secondary N) is 2. The first-order valence-corrected chi connectivity index (χ1v) is 6.67. The largest absolute Gasteiger partial charge is 0.506 e. The summed E-state index contributed by atoms with van der Waals surface area (Å²) in [5.41, 5.74) is -0.125. The molecule has 0 radical (unpaired) electrons. The molecule has 0 aliphatic carbocycles. The van der Waals surface area contributed by atoms with Crippen LogP contribution < -0.4 is 10.6 Å². The molecule has 1 aromatic heterocycles. The van der Waals surface area contributed by atoms with E-state index in [0.29, 0.717) is 5.76 Å². The summed E-state index contributed by atoms with van der Waals surface area (Å²) in [5.74, 6) is -0.353. The molecule has 1 amide bonds. The maximum atomic E-state index is 11.6. The molecule has 0 atom stereocenters. The minimum Gasteiger partial charge on any atom is -0.506 e. The summed E-state index contributed by atoms with van der Waals surface area (Å²) in [6.07, 6.45) is 4.16. The van der Waals surface area contributed by atoms with Crippen molar-refractivity contribution in [3.05, 3.63) is 58.5 Å². The van der Waals surface area contributed by atoms with E-state index in [0.717, 1.165) is 6.07 Å². The molecule has 0 aliphatic heterocycles. The van der Waals surface area contributed by atoms with Gasteiger partial charge in [0.25, 0.3) is 5.69 Å². The third-order valence-corrected chi connectivity index (χ3v) is 2.82. The molecular weight excluding hydrogens is 322 g/mol. The number of nitro benzene ring substituents is 1. The highest BCUT2D eigenvalue weighted by molar-refractivity contribution is 7.80. The van der Waals surface area contributed by atoms with Crippen LogP contribution in [0.25, 0.3) is 6.08 Å². The highest BCUT2D eigenvalue weighted by atomic mass is 32.1. The molecule has 3 N–H and O–H groups in total. The van der Waals surface area contributed by atoms with E-state index < -0.39 is 10.8 Å². The van der Waals surface area contributed by atoms with Crippen molar-refractivity contribution >= 4 is 40.7 Å². The predicted molar refractivity (Wildman–Crippen MR) is 86.9 cm³/mol. The fourth-order valence-corrected chi connectivity index (χ4v) is 1.80. The van der Waals surface area contributed by atoms with Gasteiger partial charge in [0.2, 0.25) is 5.91 Å². The summed E-state index contributed by atoms with van der Waals surface area (Å²) in [4.78, 5) is 21.6. The van der Waals surface area contributed by atoms with Gasteiger partial charge in [-0.3, -0.25) is 20.2 Å². The molecule has 1 aromatic carbocycles. The molecule has 2 rings (SSSR count). The SMILES string of the molecule is O=C(/C=C/c1ccco1)NC(=S)Nc1ccc([N+](=O)[O-])cc1O. The summed E-state index contributed by atoms with van der Waals surface area (Å²) >= 11 is 4.93. The summed E-state index contributed by atoms with van der Waals surface area (Å²) < 4.78 is 5.03. The van der Waals surface area contributed by atoms with Crippen molar-refractivity contribution in [2.75, 3.05) is 5.32 Å². The van der Waals surface area contributed by atoms with Crippen molar-refractivity contribution in [3.63, 3.8) is 0 Å². The van der Waals surface area contributed by atoms with Gasteiger partial charge in [-0.25, -0.2) is 0 Å². The van der Waals surface area contributed by atoms with Gasteiger partial charge in [-0.05, 0) is 36.5 Å². The van der Waals surface area contributed by atoms with Gasteiger partial charge in [0.15, 0.2) is 5.11 Å². The Morgan fingerprint density at radius 3 is 2.78 bits per heavy atom. The number of benzene rings is 1. The monoisotopic (exact) mass is 333 g/mol. The minimum atomic E-state index is -0.636. The number of nitrogens with zero attached hydrogens (tertiary/aromatic N) is 1. The van der Waals surface area contributed by atoms with Crippen LogP contribution in [-0.2, 0) is 4.79 Å². The lowest BCUT2D eigenvalue weighted by Crippen LogP contribution is -2.32. The zero-order valence-electron chi connectivity index (χ0n) is 11.6. The summed E-state index contributed by atoms with van der Waals surface area (Å²) in [6.45, 7) is 0. The average molecular weight is 333 g/mol. The number of non-ortho nitro benzene ring substituents is 1. The number of carbonyl (C=O) groups is 1. The summed E-state index contributed by atoms with van der Waals surface area (Å²) in [7, 11) is 0. The quantitative estimate of drug-likeness (QED) is 0.258. The summed E-state index contributed by atoms with van der Waals surface area (Å²) in [5, 5.41) is 25.1. The van der Waals surface area contributed by atoms with Gasteiger partial charge < -0.3 is 14.8 Å². The van der Waals surface area contributed by atoms with Crippen molar-refractivity contribution in [1.29, 1.82) is 0 Å². The molecule has 0 fully saturated rings. The van der Waals surface area contributed by atoms with Crippen LogP contribution in [0.3, 0.4) is 0 Å². The van der Waals surface area contributed by atoms with Crippen LogP contribution in [0.1, 0.15) is 5.76 Å². The van der Waals surface area contributed by atoms with Crippen LogP contribution in [0, 0.1) is 10.1 Å². The lowest BCUT2D eigenvalue weighted by Gasteiger charge is -2.09. The van der Waals surface area contributed by atoms with E-state index in [1.54, 1.807) is 12.1 Å². The van der Waals surface area contributed by atoms with Crippen molar-refractivity contribution in [1.82, 2.24) is 5.32 Å². The topological polar surface area (TPSA) is 118 Å². The molecule has 23 heavy (non-hydrogen) atoms. The number of carbonyl (C=O) groups excluding carboxylic acids is 1. The number of anilines is 1. The first-order chi connectivity index (χ1) is 11.0. The molecule has 2 aromatic rings. The lowest BCUT2D eigenvalue weighted by atomic mass is 10.2. The molecule has 0 saturated carbocycles. The Labute approximate surface area is 135 Å². The standard InChI is InChI=1S/C14H11N3O5S/c18-12-8-9(17(20)21)3-5-11(12)15-14(23)16-13(19)6-4-10-2-1-7-22-10/h1-8,18H,(H2,15,16,19,23)/b6-4+. The minimum absolute atomic E-state index is 0.0664. The number of rotatable bonds is 4. The first kappa shape index (κ1) is 16.2. The van der Waals surface area contributed by atoms with E-state index in [1.807, 2.05) is 0 Å². The number of phenolic OH excluding ortho intramolecular Hbond substituents is 1. The summed E-state index contributed by atoms with van der Waals surface area (Å²) in [6, 6.07) is 6.81. The zero-order valence-corrected chi connectivity index (χ0v) is 12.4. The number of aromatic hydroxyl groups is 1. The number of amides is 1. The van der Waals surface area contributed by atoms with Crippen LogP contribution in [-0.4, -0.2) is 21.0 Å². The van der Waals surface area contributed by atoms with E-state index in [-0.39, 0.29) is 22.2 Å². The highest BCUT2D eigenvalue weighted by Gasteiger charge is 2.11. The van der Waals surface area contributed by atoms with Gasteiger partial charge in [0, 0.05) is 12.1 Å². The Bertz CT molecular complexity index is 771.